The largest absolute Gasteiger partial charge is 0.494 e. The molecule has 0 spiro atoms. The van der Waals surface area contributed by atoms with Crippen LogP contribution in [0.4, 0.5) is 0 Å². The molecule has 2 N–H and O–H groups in total. The molecule has 1 aromatic rings. The third-order valence-electron chi connectivity index (χ3n) is 2.52. The van der Waals surface area contributed by atoms with Crippen LogP contribution < -0.4 is 10.5 Å². The van der Waals surface area contributed by atoms with Gasteiger partial charge in [0.05, 0.1) is 7.11 Å². The van der Waals surface area contributed by atoms with E-state index < -0.39 is 0 Å². The molecule has 0 saturated carbocycles. The highest BCUT2D eigenvalue weighted by Crippen LogP contribution is 2.20. The summed E-state index contributed by atoms with van der Waals surface area (Å²) in [6.07, 6.45) is 3.31. The second kappa shape index (κ2) is 6.23. The van der Waals surface area contributed by atoms with Crippen molar-refractivity contribution in [1.82, 2.24) is 4.98 Å². The van der Waals surface area contributed by atoms with Crippen LogP contribution in [0.5, 0.6) is 5.75 Å². The van der Waals surface area contributed by atoms with E-state index in [1.54, 1.807) is 18.3 Å². The monoisotopic (exact) mass is 222 g/mol. The van der Waals surface area contributed by atoms with Gasteiger partial charge in [-0.05, 0) is 18.6 Å². The first kappa shape index (κ1) is 12.6. The SMILES string of the molecule is CCCC(CN)C(=O)c1ncccc1OC. The number of nitrogens with zero attached hydrogens (tertiary/aromatic N) is 1. The summed E-state index contributed by atoms with van der Waals surface area (Å²) in [6.45, 7) is 2.39. The molecule has 0 saturated heterocycles. The van der Waals surface area contributed by atoms with E-state index >= 15 is 0 Å². The number of hydrogen-bond donors (Lipinski definition) is 1. The Bertz CT molecular complexity index is 353. The molecular weight excluding hydrogens is 204 g/mol. The Hall–Kier alpha value is -1.42. The Morgan fingerprint density at radius 1 is 1.62 bits per heavy atom. The van der Waals surface area contributed by atoms with E-state index in [-0.39, 0.29) is 11.7 Å². The average Bonchev–Trinajstić information content (AvgIpc) is 2.35. The third-order valence-corrected chi connectivity index (χ3v) is 2.52. The van der Waals surface area contributed by atoms with E-state index in [0.717, 1.165) is 12.8 Å². The van der Waals surface area contributed by atoms with Crippen molar-refractivity contribution in [3.63, 3.8) is 0 Å². The number of carbonyl (C=O) groups excluding carboxylic acids is 1. The van der Waals surface area contributed by atoms with Gasteiger partial charge >= 0.3 is 0 Å². The van der Waals surface area contributed by atoms with Crippen LogP contribution in [0.2, 0.25) is 0 Å². The summed E-state index contributed by atoms with van der Waals surface area (Å²) in [6, 6.07) is 3.48. The summed E-state index contributed by atoms with van der Waals surface area (Å²) < 4.78 is 5.12. The molecule has 1 atom stereocenters. The van der Waals surface area contributed by atoms with Crippen molar-refractivity contribution >= 4 is 5.78 Å². The maximum atomic E-state index is 12.1. The zero-order valence-corrected chi connectivity index (χ0v) is 9.77. The molecule has 0 radical (unpaired) electrons. The molecule has 88 valence electrons. The molecule has 0 aliphatic rings. The fourth-order valence-corrected chi connectivity index (χ4v) is 1.64. The molecule has 0 aliphatic carbocycles. The molecule has 0 fully saturated rings. The quantitative estimate of drug-likeness (QED) is 0.743. The summed E-state index contributed by atoms with van der Waals surface area (Å²) >= 11 is 0. The van der Waals surface area contributed by atoms with Gasteiger partial charge in [-0.1, -0.05) is 13.3 Å². The topological polar surface area (TPSA) is 65.2 Å². The summed E-state index contributed by atoms with van der Waals surface area (Å²) in [5.41, 5.74) is 5.98. The van der Waals surface area contributed by atoms with E-state index in [9.17, 15) is 4.79 Å². The highest BCUT2D eigenvalue weighted by atomic mass is 16.5. The summed E-state index contributed by atoms with van der Waals surface area (Å²) in [5, 5.41) is 0. The Morgan fingerprint density at radius 3 is 2.94 bits per heavy atom. The van der Waals surface area contributed by atoms with Gasteiger partial charge < -0.3 is 10.5 Å². The summed E-state index contributed by atoms with van der Waals surface area (Å²) in [4.78, 5) is 16.2. The second-order valence-corrected chi connectivity index (χ2v) is 3.64. The minimum atomic E-state index is -0.159. The molecule has 1 aromatic heterocycles. The smallest absolute Gasteiger partial charge is 0.189 e. The molecule has 1 heterocycles. The van der Waals surface area contributed by atoms with E-state index in [4.69, 9.17) is 10.5 Å². The molecule has 1 unspecified atom stereocenters. The Kier molecular flexibility index (Phi) is 4.92. The van der Waals surface area contributed by atoms with Crippen LogP contribution in [0.25, 0.3) is 0 Å². The Morgan fingerprint density at radius 2 is 2.38 bits per heavy atom. The third kappa shape index (κ3) is 2.79. The summed E-state index contributed by atoms with van der Waals surface area (Å²) in [7, 11) is 1.53. The molecule has 1 rings (SSSR count). The van der Waals surface area contributed by atoms with Crippen molar-refractivity contribution in [3.8, 4) is 5.75 Å². The van der Waals surface area contributed by atoms with E-state index in [1.165, 1.54) is 7.11 Å². The number of ketones is 1. The number of carbonyl (C=O) groups is 1. The lowest BCUT2D eigenvalue weighted by atomic mass is 9.96. The van der Waals surface area contributed by atoms with Crippen molar-refractivity contribution in [2.45, 2.75) is 19.8 Å². The van der Waals surface area contributed by atoms with Crippen molar-refractivity contribution in [1.29, 1.82) is 0 Å². The van der Waals surface area contributed by atoms with Gasteiger partial charge in [0, 0.05) is 18.7 Å². The number of hydrogen-bond acceptors (Lipinski definition) is 4. The van der Waals surface area contributed by atoms with Crippen molar-refractivity contribution in [2.24, 2.45) is 11.7 Å². The van der Waals surface area contributed by atoms with Gasteiger partial charge in [-0.2, -0.15) is 0 Å². The molecule has 0 amide bonds. The van der Waals surface area contributed by atoms with Gasteiger partial charge in [0.2, 0.25) is 0 Å². The number of Topliss-reactive ketones (excluding diaryl/α,β-unsaturated/α-hetero) is 1. The lowest BCUT2D eigenvalue weighted by molar-refractivity contribution is 0.0909. The zero-order chi connectivity index (χ0) is 12.0. The summed E-state index contributed by atoms with van der Waals surface area (Å²) in [5.74, 6) is 0.331. The first-order chi connectivity index (χ1) is 7.74. The maximum absolute atomic E-state index is 12.1. The van der Waals surface area contributed by atoms with Crippen LogP contribution >= 0.6 is 0 Å². The minimum Gasteiger partial charge on any atom is -0.494 e. The normalized spacial score (nSPS) is 12.2. The van der Waals surface area contributed by atoms with Crippen LogP contribution in [0.3, 0.4) is 0 Å². The van der Waals surface area contributed by atoms with Crippen LogP contribution in [-0.4, -0.2) is 24.4 Å². The predicted octanol–water partition coefficient (Wildman–Crippen LogP) is 1.65. The molecule has 0 aromatic carbocycles. The number of rotatable bonds is 6. The highest BCUT2D eigenvalue weighted by Gasteiger charge is 2.21. The van der Waals surface area contributed by atoms with Gasteiger partial charge in [-0.3, -0.25) is 4.79 Å². The van der Waals surface area contributed by atoms with Crippen LogP contribution in [0.15, 0.2) is 18.3 Å². The number of pyridine rings is 1. The van der Waals surface area contributed by atoms with E-state index in [1.807, 2.05) is 6.92 Å². The number of ether oxygens (including phenoxy) is 1. The van der Waals surface area contributed by atoms with Crippen molar-refractivity contribution in [2.75, 3.05) is 13.7 Å². The minimum absolute atomic E-state index is 0.0261. The fourth-order valence-electron chi connectivity index (χ4n) is 1.64. The average molecular weight is 222 g/mol. The van der Waals surface area contributed by atoms with Gasteiger partial charge in [-0.25, -0.2) is 4.98 Å². The van der Waals surface area contributed by atoms with Crippen molar-refractivity contribution < 1.29 is 9.53 Å². The molecule has 0 bridgehead atoms. The molecule has 16 heavy (non-hydrogen) atoms. The Labute approximate surface area is 95.8 Å². The van der Waals surface area contributed by atoms with Crippen LogP contribution in [-0.2, 0) is 0 Å². The van der Waals surface area contributed by atoms with Crippen LogP contribution in [0, 0.1) is 5.92 Å². The van der Waals surface area contributed by atoms with Crippen molar-refractivity contribution in [3.05, 3.63) is 24.0 Å². The predicted molar refractivity (Wildman–Crippen MR) is 62.6 cm³/mol. The van der Waals surface area contributed by atoms with Gasteiger partial charge in [-0.15, -0.1) is 0 Å². The maximum Gasteiger partial charge on any atom is 0.189 e. The lowest BCUT2D eigenvalue weighted by Crippen LogP contribution is -2.24. The molecular formula is C12H18N2O2. The number of nitrogens with two attached hydrogens (primary N) is 1. The van der Waals surface area contributed by atoms with Crippen LogP contribution in [0.1, 0.15) is 30.3 Å². The number of methoxy groups -OCH3 is 1. The molecule has 0 aliphatic heterocycles. The Balaban J connectivity index is 2.93. The van der Waals surface area contributed by atoms with E-state index in [2.05, 4.69) is 4.98 Å². The molecule has 4 nitrogen and oxygen atoms in total. The van der Waals surface area contributed by atoms with Gasteiger partial charge in [0.1, 0.15) is 11.4 Å². The lowest BCUT2D eigenvalue weighted by Gasteiger charge is -2.13. The van der Waals surface area contributed by atoms with Gasteiger partial charge in [0.15, 0.2) is 5.78 Å². The standard InChI is InChI=1S/C12H18N2O2/c1-3-5-9(8-13)12(15)11-10(16-2)6-4-7-14-11/h4,6-7,9H,3,5,8,13H2,1-2H3. The first-order valence-corrected chi connectivity index (χ1v) is 5.47. The molecule has 4 heteroatoms. The fraction of sp³-hybridized carbons (Fsp3) is 0.500. The zero-order valence-electron chi connectivity index (χ0n) is 9.77. The van der Waals surface area contributed by atoms with Gasteiger partial charge in [0.25, 0.3) is 0 Å². The highest BCUT2D eigenvalue weighted by molar-refractivity contribution is 5.98. The first-order valence-electron chi connectivity index (χ1n) is 5.47. The van der Waals surface area contributed by atoms with E-state index in [0.29, 0.717) is 18.0 Å². The second-order valence-electron chi connectivity index (χ2n) is 3.64. The number of aromatic nitrogens is 1.